The van der Waals surface area contributed by atoms with E-state index in [2.05, 4.69) is 0 Å². The number of halogens is 3. The maximum absolute atomic E-state index is 13.5. The molecule has 0 amide bonds. The van der Waals surface area contributed by atoms with E-state index in [4.69, 9.17) is 9.47 Å². The van der Waals surface area contributed by atoms with Gasteiger partial charge in [0.2, 0.25) is 5.60 Å². The van der Waals surface area contributed by atoms with Gasteiger partial charge in [-0.25, -0.2) is 4.79 Å². The smallest absolute Gasteiger partial charge is 0.433 e. The van der Waals surface area contributed by atoms with Crippen molar-refractivity contribution >= 4 is 5.97 Å². The Labute approximate surface area is 126 Å². The van der Waals surface area contributed by atoms with Gasteiger partial charge in [-0.3, -0.25) is 0 Å². The van der Waals surface area contributed by atoms with E-state index in [9.17, 15) is 18.0 Å². The molecule has 0 spiro atoms. The number of esters is 1. The third kappa shape index (κ3) is 2.69. The molecular weight excluding hydrogens is 297 g/mol. The van der Waals surface area contributed by atoms with Crippen LogP contribution in [0, 0.1) is 5.92 Å². The lowest BCUT2D eigenvalue weighted by Gasteiger charge is -2.50. The first-order chi connectivity index (χ1) is 10.2. The van der Waals surface area contributed by atoms with Crippen LogP contribution in [-0.4, -0.2) is 18.2 Å². The van der Waals surface area contributed by atoms with Crippen LogP contribution in [-0.2, 0) is 19.9 Å². The lowest BCUT2D eigenvalue weighted by Crippen LogP contribution is -2.58. The summed E-state index contributed by atoms with van der Waals surface area (Å²) in [6, 6.07) is 7.41. The van der Waals surface area contributed by atoms with Crippen molar-refractivity contribution in [1.29, 1.82) is 0 Å². The normalized spacial score (nSPS) is 26.5. The number of carbonyl (C=O) groups excluding carboxylic acids is 1. The van der Waals surface area contributed by atoms with Crippen LogP contribution >= 0.6 is 0 Å². The Morgan fingerprint density at radius 1 is 1.32 bits per heavy atom. The van der Waals surface area contributed by atoms with Gasteiger partial charge < -0.3 is 9.47 Å². The van der Waals surface area contributed by atoms with Crippen molar-refractivity contribution < 1.29 is 27.4 Å². The van der Waals surface area contributed by atoms with Crippen LogP contribution < -0.4 is 0 Å². The van der Waals surface area contributed by atoms with Crippen molar-refractivity contribution in [2.75, 3.05) is 0 Å². The Balaban J connectivity index is 2.30. The van der Waals surface area contributed by atoms with Crippen molar-refractivity contribution in [2.24, 2.45) is 5.92 Å². The minimum Gasteiger partial charge on any atom is -0.476 e. The molecule has 3 nitrogen and oxygen atoms in total. The predicted octanol–water partition coefficient (Wildman–Crippen LogP) is 3.95. The lowest BCUT2D eigenvalue weighted by atomic mass is 9.75. The molecule has 0 N–H and O–H groups in total. The molecule has 1 fully saturated rings. The van der Waals surface area contributed by atoms with Crippen LogP contribution in [0.3, 0.4) is 0 Å². The average molecular weight is 314 g/mol. The van der Waals surface area contributed by atoms with E-state index in [1.54, 1.807) is 19.9 Å². The third-order valence-electron chi connectivity index (χ3n) is 3.55. The van der Waals surface area contributed by atoms with Gasteiger partial charge in [-0.15, -0.1) is 0 Å². The predicted molar refractivity (Wildman–Crippen MR) is 73.7 cm³/mol. The Hall–Kier alpha value is -1.98. The van der Waals surface area contributed by atoms with Crippen molar-refractivity contribution in [2.45, 2.75) is 38.7 Å². The van der Waals surface area contributed by atoms with Crippen molar-refractivity contribution in [3.05, 3.63) is 47.7 Å². The zero-order chi connectivity index (χ0) is 16.5. The highest BCUT2D eigenvalue weighted by Crippen LogP contribution is 2.58. The number of hydrogen-bond acceptors (Lipinski definition) is 3. The van der Waals surface area contributed by atoms with Gasteiger partial charge in [0.05, 0.1) is 18.1 Å². The fourth-order valence-electron chi connectivity index (χ4n) is 2.50. The molecule has 22 heavy (non-hydrogen) atoms. The van der Waals surface area contributed by atoms with E-state index >= 15 is 0 Å². The molecule has 1 saturated heterocycles. The zero-order valence-corrected chi connectivity index (χ0v) is 12.5. The summed E-state index contributed by atoms with van der Waals surface area (Å²) in [4.78, 5) is 11.5. The number of ether oxygens (including phenoxy) is 2. The number of carbonyl (C=O) groups is 1. The summed E-state index contributed by atoms with van der Waals surface area (Å²) in [5.41, 5.74) is -2.40. The summed E-state index contributed by atoms with van der Waals surface area (Å²) in [5.74, 6) is -1.73. The molecular formula is C16H17F3O3. The minimum absolute atomic E-state index is 0.0179. The molecule has 0 aromatic heterocycles. The maximum atomic E-state index is 13.5. The third-order valence-corrected chi connectivity index (χ3v) is 3.55. The van der Waals surface area contributed by atoms with Crippen LogP contribution in [0.15, 0.2) is 42.2 Å². The van der Waals surface area contributed by atoms with Crippen LogP contribution in [0.4, 0.5) is 13.2 Å². The van der Waals surface area contributed by atoms with E-state index in [1.807, 2.05) is 0 Å². The molecule has 1 aliphatic heterocycles. The van der Waals surface area contributed by atoms with Crippen LogP contribution in [0.5, 0.6) is 0 Å². The quantitative estimate of drug-likeness (QED) is 0.626. The summed E-state index contributed by atoms with van der Waals surface area (Å²) >= 11 is 0. The van der Waals surface area contributed by atoms with E-state index in [1.165, 1.54) is 31.2 Å². The molecule has 1 heterocycles. The van der Waals surface area contributed by atoms with Crippen LogP contribution in [0.1, 0.15) is 26.3 Å². The summed E-state index contributed by atoms with van der Waals surface area (Å²) < 4.78 is 50.6. The molecule has 1 aromatic carbocycles. The number of benzene rings is 1. The molecule has 1 aromatic rings. The topological polar surface area (TPSA) is 35.5 Å². The van der Waals surface area contributed by atoms with Crippen LogP contribution in [0.25, 0.3) is 0 Å². The number of rotatable bonds is 3. The zero-order valence-electron chi connectivity index (χ0n) is 12.5. The molecule has 2 atom stereocenters. The van der Waals surface area contributed by atoms with Gasteiger partial charge in [0.15, 0.2) is 0 Å². The second kappa shape index (κ2) is 5.66. The molecule has 0 radical (unpaired) electrons. The molecule has 0 bridgehead atoms. The van der Waals surface area contributed by atoms with Crippen molar-refractivity contribution in [3.8, 4) is 0 Å². The second-order valence-electron chi connectivity index (χ2n) is 5.46. The van der Waals surface area contributed by atoms with Crippen LogP contribution in [0.2, 0.25) is 0 Å². The molecule has 2 rings (SSSR count). The van der Waals surface area contributed by atoms with E-state index in [-0.39, 0.29) is 17.4 Å². The summed E-state index contributed by atoms with van der Waals surface area (Å²) in [5, 5.41) is 0. The Morgan fingerprint density at radius 2 is 1.91 bits per heavy atom. The highest BCUT2D eigenvalue weighted by Gasteiger charge is 2.69. The maximum Gasteiger partial charge on any atom is 0.433 e. The van der Waals surface area contributed by atoms with Gasteiger partial charge in [0.1, 0.15) is 5.76 Å². The van der Waals surface area contributed by atoms with Gasteiger partial charge in [0.25, 0.3) is 0 Å². The standard InChI is InChI=1S/C16H17F3O3/c1-10(2)21-14(20)9-13-11(3)15(22-13,16(17,18)19)12-7-5-4-6-8-12/h4-11H,1-3H3/b13-9+/t11-,15?/m0/s1. The molecule has 0 saturated carbocycles. The van der Waals surface area contributed by atoms with Gasteiger partial charge in [-0.05, 0) is 13.8 Å². The molecule has 0 aliphatic carbocycles. The van der Waals surface area contributed by atoms with Gasteiger partial charge >= 0.3 is 12.1 Å². The second-order valence-corrected chi connectivity index (χ2v) is 5.46. The molecule has 6 heteroatoms. The van der Waals surface area contributed by atoms with Gasteiger partial charge in [-0.2, -0.15) is 13.2 Å². The first-order valence-corrected chi connectivity index (χ1v) is 6.92. The summed E-state index contributed by atoms with van der Waals surface area (Å²) in [6.45, 7) is 4.70. The van der Waals surface area contributed by atoms with E-state index in [0.29, 0.717) is 0 Å². The first-order valence-electron chi connectivity index (χ1n) is 6.92. The molecule has 120 valence electrons. The lowest BCUT2D eigenvalue weighted by molar-refractivity contribution is -0.332. The number of alkyl halides is 3. The highest BCUT2D eigenvalue weighted by atomic mass is 19.4. The van der Waals surface area contributed by atoms with E-state index < -0.39 is 23.7 Å². The largest absolute Gasteiger partial charge is 0.476 e. The number of hydrogen-bond donors (Lipinski definition) is 0. The SMILES string of the molecule is CC(C)OC(=O)/C=C1/OC(c2ccccc2)(C(F)(F)F)[C@H]1C. The summed E-state index contributed by atoms with van der Waals surface area (Å²) in [7, 11) is 0. The van der Waals surface area contributed by atoms with Gasteiger partial charge in [-0.1, -0.05) is 37.3 Å². The van der Waals surface area contributed by atoms with E-state index in [0.717, 1.165) is 6.08 Å². The fourth-order valence-corrected chi connectivity index (χ4v) is 2.50. The van der Waals surface area contributed by atoms with Crippen molar-refractivity contribution in [1.82, 2.24) is 0 Å². The Bertz CT molecular complexity index is 578. The Morgan fingerprint density at radius 3 is 2.36 bits per heavy atom. The van der Waals surface area contributed by atoms with Gasteiger partial charge in [0, 0.05) is 5.56 Å². The molecule has 1 unspecified atom stereocenters. The first kappa shape index (κ1) is 16.4. The fraction of sp³-hybridized carbons (Fsp3) is 0.438. The average Bonchev–Trinajstić information content (AvgIpc) is 2.41. The summed E-state index contributed by atoms with van der Waals surface area (Å²) in [6.07, 6.45) is -3.95. The van der Waals surface area contributed by atoms with Crippen molar-refractivity contribution in [3.63, 3.8) is 0 Å². The molecule has 1 aliphatic rings. The Kier molecular flexibility index (Phi) is 4.22. The minimum atomic E-state index is -4.59. The highest BCUT2D eigenvalue weighted by molar-refractivity contribution is 5.83. The monoisotopic (exact) mass is 314 g/mol.